The summed E-state index contributed by atoms with van der Waals surface area (Å²) in [6.45, 7) is 0. The predicted molar refractivity (Wildman–Crippen MR) is 89.8 cm³/mol. The molecule has 0 aliphatic carbocycles. The van der Waals surface area contributed by atoms with Crippen molar-refractivity contribution < 1.29 is 4.79 Å². The number of carbonyl (C=O) groups is 1. The van der Waals surface area contributed by atoms with Gasteiger partial charge < -0.3 is 5.32 Å². The quantitative estimate of drug-likeness (QED) is 0.823. The van der Waals surface area contributed by atoms with E-state index in [-0.39, 0.29) is 5.91 Å². The lowest BCUT2D eigenvalue weighted by Crippen LogP contribution is -2.11. The van der Waals surface area contributed by atoms with Crippen molar-refractivity contribution in [3.05, 3.63) is 59.7 Å². The van der Waals surface area contributed by atoms with Gasteiger partial charge in [-0.25, -0.2) is 0 Å². The third-order valence-electron chi connectivity index (χ3n) is 2.85. The van der Waals surface area contributed by atoms with Crippen LogP contribution < -0.4 is 5.32 Å². The summed E-state index contributed by atoms with van der Waals surface area (Å²) in [6.07, 6.45) is 4.09. The van der Waals surface area contributed by atoms with E-state index in [0.29, 0.717) is 5.56 Å². The Hall–Kier alpha value is -1.39. The molecular weight excluding hydrogens is 286 g/mol. The second kappa shape index (κ2) is 7.41. The number of anilines is 1. The normalized spacial score (nSPS) is 10.3. The summed E-state index contributed by atoms with van der Waals surface area (Å²) in [6, 6.07) is 15.6. The van der Waals surface area contributed by atoms with Crippen LogP contribution in [-0.4, -0.2) is 18.4 Å². The Balaban J connectivity index is 2.07. The van der Waals surface area contributed by atoms with Crippen LogP contribution >= 0.6 is 23.5 Å². The summed E-state index contributed by atoms with van der Waals surface area (Å²) in [5.74, 6) is 0.899. The molecule has 1 amide bonds. The maximum absolute atomic E-state index is 12.2. The Morgan fingerprint density at radius 2 is 1.85 bits per heavy atom. The highest BCUT2D eigenvalue weighted by molar-refractivity contribution is 7.98. The Morgan fingerprint density at radius 1 is 1.10 bits per heavy atom. The SMILES string of the molecule is CSCc1ccc(C(=O)Nc2cccc(SC)c2)cc1. The van der Waals surface area contributed by atoms with Gasteiger partial charge in [-0.2, -0.15) is 11.8 Å². The second-order valence-electron chi connectivity index (χ2n) is 4.32. The molecular formula is C16H17NOS2. The van der Waals surface area contributed by atoms with Crippen LogP contribution in [0.5, 0.6) is 0 Å². The zero-order valence-electron chi connectivity index (χ0n) is 11.6. The highest BCUT2D eigenvalue weighted by atomic mass is 32.2. The van der Waals surface area contributed by atoms with Gasteiger partial charge >= 0.3 is 0 Å². The Labute approximate surface area is 128 Å². The fourth-order valence-electron chi connectivity index (χ4n) is 1.82. The second-order valence-corrected chi connectivity index (χ2v) is 6.06. The molecule has 2 aromatic carbocycles. The van der Waals surface area contributed by atoms with Gasteiger partial charge in [0.05, 0.1) is 0 Å². The summed E-state index contributed by atoms with van der Waals surface area (Å²) in [5, 5.41) is 2.93. The van der Waals surface area contributed by atoms with Crippen molar-refractivity contribution in [1.29, 1.82) is 0 Å². The molecule has 0 unspecified atom stereocenters. The maximum atomic E-state index is 12.2. The molecule has 0 heterocycles. The Kier molecular flexibility index (Phi) is 5.56. The highest BCUT2D eigenvalue weighted by Crippen LogP contribution is 2.19. The van der Waals surface area contributed by atoms with Crippen molar-refractivity contribution in [2.75, 3.05) is 17.8 Å². The van der Waals surface area contributed by atoms with Crippen LogP contribution in [-0.2, 0) is 5.75 Å². The minimum absolute atomic E-state index is 0.0704. The molecule has 0 spiro atoms. The molecule has 1 N–H and O–H groups in total. The van der Waals surface area contributed by atoms with Crippen molar-refractivity contribution >= 4 is 35.1 Å². The van der Waals surface area contributed by atoms with Gasteiger partial charge in [-0.3, -0.25) is 4.79 Å². The van der Waals surface area contributed by atoms with E-state index in [1.165, 1.54) is 5.56 Å². The van der Waals surface area contributed by atoms with E-state index in [2.05, 4.69) is 11.6 Å². The van der Waals surface area contributed by atoms with E-state index in [9.17, 15) is 4.79 Å². The molecule has 4 heteroatoms. The van der Waals surface area contributed by atoms with Crippen LogP contribution in [0.3, 0.4) is 0 Å². The van der Waals surface area contributed by atoms with Gasteiger partial charge in [-0.05, 0) is 48.4 Å². The first-order valence-electron chi connectivity index (χ1n) is 6.26. The minimum Gasteiger partial charge on any atom is -0.322 e. The summed E-state index contributed by atoms with van der Waals surface area (Å²) < 4.78 is 0. The van der Waals surface area contributed by atoms with Crippen molar-refractivity contribution in [2.45, 2.75) is 10.6 Å². The van der Waals surface area contributed by atoms with Crippen LogP contribution in [0.4, 0.5) is 5.69 Å². The average molecular weight is 303 g/mol. The number of rotatable bonds is 5. The standard InChI is InChI=1S/C16H17NOS2/c1-19-11-12-6-8-13(9-7-12)16(18)17-14-4-3-5-15(10-14)20-2/h3-10H,11H2,1-2H3,(H,17,18). The first-order chi connectivity index (χ1) is 9.72. The molecule has 20 heavy (non-hydrogen) atoms. The summed E-state index contributed by atoms with van der Waals surface area (Å²) in [5.41, 5.74) is 2.75. The van der Waals surface area contributed by atoms with Crippen LogP contribution in [0.1, 0.15) is 15.9 Å². The minimum atomic E-state index is -0.0704. The van der Waals surface area contributed by atoms with E-state index in [4.69, 9.17) is 0 Å². The number of hydrogen-bond acceptors (Lipinski definition) is 3. The number of carbonyl (C=O) groups excluding carboxylic acids is 1. The number of hydrogen-bond donors (Lipinski definition) is 1. The lowest BCUT2D eigenvalue weighted by Gasteiger charge is -2.07. The van der Waals surface area contributed by atoms with Gasteiger partial charge in [0.2, 0.25) is 0 Å². The lowest BCUT2D eigenvalue weighted by atomic mass is 10.1. The fraction of sp³-hybridized carbons (Fsp3) is 0.188. The van der Waals surface area contributed by atoms with Gasteiger partial charge in [0.1, 0.15) is 0 Å². The number of thioether (sulfide) groups is 2. The van der Waals surface area contributed by atoms with Crippen molar-refractivity contribution in [1.82, 2.24) is 0 Å². The van der Waals surface area contributed by atoms with E-state index >= 15 is 0 Å². The molecule has 0 fully saturated rings. The van der Waals surface area contributed by atoms with Crippen molar-refractivity contribution in [3.63, 3.8) is 0 Å². The summed E-state index contributed by atoms with van der Waals surface area (Å²) in [7, 11) is 0. The maximum Gasteiger partial charge on any atom is 0.255 e. The molecule has 0 saturated heterocycles. The molecule has 0 radical (unpaired) electrons. The van der Waals surface area contributed by atoms with Crippen LogP contribution in [0.15, 0.2) is 53.4 Å². The molecule has 0 aliphatic heterocycles. The number of nitrogens with one attached hydrogen (secondary N) is 1. The fourth-order valence-corrected chi connectivity index (χ4v) is 2.81. The monoisotopic (exact) mass is 303 g/mol. The largest absolute Gasteiger partial charge is 0.322 e. The molecule has 0 aliphatic rings. The molecule has 0 bridgehead atoms. The third-order valence-corrected chi connectivity index (χ3v) is 4.20. The molecule has 0 atom stereocenters. The molecule has 2 aromatic rings. The van der Waals surface area contributed by atoms with Gasteiger partial charge in [0, 0.05) is 21.9 Å². The average Bonchev–Trinajstić information content (AvgIpc) is 2.48. The lowest BCUT2D eigenvalue weighted by molar-refractivity contribution is 0.102. The van der Waals surface area contributed by atoms with E-state index in [0.717, 1.165) is 16.3 Å². The van der Waals surface area contributed by atoms with E-state index in [1.54, 1.807) is 23.5 Å². The predicted octanol–water partition coefficient (Wildman–Crippen LogP) is 4.52. The number of amides is 1. The zero-order chi connectivity index (χ0) is 14.4. The highest BCUT2D eigenvalue weighted by Gasteiger charge is 2.06. The van der Waals surface area contributed by atoms with E-state index < -0.39 is 0 Å². The molecule has 104 valence electrons. The zero-order valence-corrected chi connectivity index (χ0v) is 13.2. The molecule has 0 aromatic heterocycles. The molecule has 2 rings (SSSR count). The molecule has 0 saturated carbocycles. The van der Waals surface area contributed by atoms with Crippen LogP contribution in [0, 0.1) is 0 Å². The Morgan fingerprint density at radius 3 is 2.50 bits per heavy atom. The molecule has 2 nitrogen and oxygen atoms in total. The van der Waals surface area contributed by atoms with Gasteiger partial charge in [-0.1, -0.05) is 18.2 Å². The van der Waals surface area contributed by atoms with Crippen molar-refractivity contribution in [3.8, 4) is 0 Å². The van der Waals surface area contributed by atoms with E-state index in [1.807, 2.05) is 54.8 Å². The Bertz CT molecular complexity index is 581. The van der Waals surface area contributed by atoms with Crippen LogP contribution in [0.25, 0.3) is 0 Å². The summed E-state index contributed by atoms with van der Waals surface area (Å²) in [4.78, 5) is 13.3. The van der Waals surface area contributed by atoms with Crippen LogP contribution in [0.2, 0.25) is 0 Å². The first-order valence-corrected chi connectivity index (χ1v) is 8.88. The third kappa shape index (κ3) is 4.05. The topological polar surface area (TPSA) is 29.1 Å². The summed E-state index contributed by atoms with van der Waals surface area (Å²) >= 11 is 3.43. The van der Waals surface area contributed by atoms with Gasteiger partial charge in [0.15, 0.2) is 0 Å². The first kappa shape index (κ1) is 15.0. The van der Waals surface area contributed by atoms with Gasteiger partial charge in [-0.15, -0.1) is 11.8 Å². The number of benzene rings is 2. The van der Waals surface area contributed by atoms with Gasteiger partial charge in [0.25, 0.3) is 5.91 Å². The smallest absolute Gasteiger partial charge is 0.255 e. The van der Waals surface area contributed by atoms with Crippen molar-refractivity contribution in [2.24, 2.45) is 0 Å².